The fourth-order valence-electron chi connectivity index (χ4n) is 3.67. The van der Waals surface area contributed by atoms with Gasteiger partial charge in [-0.1, -0.05) is 30.3 Å². The molecule has 1 aliphatic heterocycles. The number of hydrogen-bond donors (Lipinski definition) is 2. The lowest BCUT2D eigenvalue weighted by Crippen LogP contribution is -1.99. The predicted octanol–water partition coefficient (Wildman–Crippen LogP) is 4.96. The molecule has 2 N–H and O–H groups in total. The lowest BCUT2D eigenvalue weighted by Gasteiger charge is -2.09. The SMILES string of the molecule is Cn1cc(-c2ccc3c(c2)CNC3)c2c(NSc3ccccc3)ccnc21. The topological polar surface area (TPSA) is 41.9 Å². The Morgan fingerprint density at radius 1 is 1.04 bits per heavy atom. The Labute approximate surface area is 162 Å². The third-order valence-corrected chi connectivity index (χ3v) is 5.86. The molecule has 4 aromatic rings. The van der Waals surface area contributed by atoms with E-state index in [1.807, 2.05) is 12.3 Å². The van der Waals surface area contributed by atoms with Crippen molar-refractivity contribution in [3.8, 4) is 11.1 Å². The molecule has 0 amide bonds. The summed E-state index contributed by atoms with van der Waals surface area (Å²) in [6, 6.07) is 19.2. The maximum Gasteiger partial charge on any atom is 0.142 e. The smallest absolute Gasteiger partial charge is 0.142 e. The van der Waals surface area contributed by atoms with E-state index >= 15 is 0 Å². The monoisotopic (exact) mass is 372 g/mol. The fraction of sp³-hybridized carbons (Fsp3) is 0.136. The van der Waals surface area contributed by atoms with Crippen LogP contribution in [0.3, 0.4) is 0 Å². The number of rotatable bonds is 4. The molecular formula is C22H20N4S. The van der Waals surface area contributed by atoms with Gasteiger partial charge in [-0.3, -0.25) is 0 Å². The van der Waals surface area contributed by atoms with Crippen LogP contribution >= 0.6 is 11.9 Å². The largest absolute Gasteiger partial charge is 0.335 e. The van der Waals surface area contributed by atoms with E-state index in [-0.39, 0.29) is 0 Å². The van der Waals surface area contributed by atoms with Gasteiger partial charge in [0, 0.05) is 43.0 Å². The highest BCUT2D eigenvalue weighted by Crippen LogP contribution is 2.37. The predicted molar refractivity (Wildman–Crippen MR) is 113 cm³/mol. The van der Waals surface area contributed by atoms with Gasteiger partial charge in [0.15, 0.2) is 0 Å². The number of benzene rings is 2. The van der Waals surface area contributed by atoms with Crippen molar-refractivity contribution >= 4 is 28.7 Å². The second kappa shape index (κ2) is 6.76. The summed E-state index contributed by atoms with van der Waals surface area (Å²) in [6.45, 7) is 1.91. The first-order valence-electron chi connectivity index (χ1n) is 9.04. The third-order valence-electron chi connectivity index (χ3n) is 5.03. The molecule has 2 aromatic heterocycles. The highest BCUT2D eigenvalue weighted by atomic mass is 32.2. The minimum atomic E-state index is 0.946. The van der Waals surface area contributed by atoms with E-state index in [1.165, 1.54) is 27.1 Å². The maximum atomic E-state index is 4.62. The van der Waals surface area contributed by atoms with Crippen molar-refractivity contribution in [2.75, 3.05) is 4.72 Å². The van der Waals surface area contributed by atoms with Crippen LogP contribution in [0.4, 0.5) is 5.69 Å². The quantitative estimate of drug-likeness (QED) is 0.497. The van der Waals surface area contributed by atoms with Gasteiger partial charge in [0.1, 0.15) is 5.65 Å². The molecule has 27 heavy (non-hydrogen) atoms. The molecule has 0 saturated heterocycles. The van der Waals surface area contributed by atoms with E-state index in [9.17, 15) is 0 Å². The summed E-state index contributed by atoms with van der Waals surface area (Å²) < 4.78 is 5.64. The number of aryl methyl sites for hydroxylation is 1. The van der Waals surface area contributed by atoms with Crippen LogP contribution in [0.5, 0.6) is 0 Å². The van der Waals surface area contributed by atoms with Crippen molar-refractivity contribution in [3.63, 3.8) is 0 Å². The highest BCUT2D eigenvalue weighted by Gasteiger charge is 2.16. The Hall–Kier alpha value is -2.76. The average molecular weight is 372 g/mol. The summed E-state index contributed by atoms with van der Waals surface area (Å²) in [4.78, 5) is 5.80. The van der Waals surface area contributed by atoms with Crippen LogP contribution in [-0.2, 0) is 20.1 Å². The van der Waals surface area contributed by atoms with Gasteiger partial charge in [-0.15, -0.1) is 0 Å². The summed E-state index contributed by atoms with van der Waals surface area (Å²) in [5, 5.41) is 4.59. The standard InChI is InChI=1S/C22H20N4S/c1-26-14-19(15-7-8-16-12-23-13-17(16)11-15)21-20(9-10-24-22(21)26)25-27-18-5-3-2-4-6-18/h2-11,14,23H,12-13H2,1H3,(H,24,25). The van der Waals surface area contributed by atoms with Crippen LogP contribution in [-0.4, -0.2) is 9.55 Å². The van der Waals surface area contributed by atoms with E-state index in [4.69, 9.17) is 0 Å². The van der Waals surface area contributed by atoms with Crippen LogP contribution in [0.2, 0.25) is 0 Å². The van der Waals surface area contributed by atoms with Gasteiger partial charge in [-0.25, -0.2) is 4.98 Å². The Balaban J connectivity index is 1.58. The number of aromatic nitrogens is 2. The fourth-order valence-corrected chi connectivity index (χ4v) is 4.36. The van der Waals surface area contributed by atoms with Gasteiger partial charge in [0.25, 0.3) is 0 Å². The van der Waals surface area contributed by atoms with Gasteiger partial charge in [0.2, 0.25) is 0 Å². The van der Waals surface area contributed by atoms with Gasteiger partial charge in [0.05, 0.1) is 11.1 Å². The van der Waals surface area contributed by atoms with Crippen molar-refractivity contribution in [2.24, 2.45) is 7.05 Å². The summed E-state index contributed by atoms with van der Waals surface area (Å²) >= 11 is 1.62. The van der Waals surface area contributed by atoms with Crippen LogP contribution in [0, 0.1) is 0 Å². The number of nitrogens with one attached hydrogen (secondary N) is 2. The summed E-state index contributed by atoms with van der Waals surface area (Å²) in [5.41, 5.74) is 7.32. The normalized spacial score (nSPS) is 13.1. The van der Waals surface area contributed by atoms with E-state index in [1.54, 1.807) is 11.9 Å². The Kier molecular flexibility index (Phi) is 4.11. The van der Waals surface area contributed by atoms with Crippen LogP contribution in [0.25, 0.3) is 22.2 Å². The molecule has 0 atom stereocenters. The van der Waals surface area contributed by atoms with Crippen LogP contribution in [0.1, 0.15) is 11.1 Å². The lowest BCUT2D eigenvalue weighted by atomic mass is 10.0. The van der Waals surface area contributed by atoms with E-state index in [0.717, 1.165) is 29.8 Å². The zero-order valence-corrected chi connectivity index (χ0v) is 15.9. The molecule has 2 aromatic carbocycles. The molecule has 0 aliphatic carbocycles. The van der Waals surface area contributed by atoms with Crippen molar-refractivity contribution < 1.29 is 0 Å². The molecule has 134 valence electrons. The molecule has 0 unspecified atom stereocenters. The number of anilines is 1. The van der Waals surface area contributed by atoms with E-state index in [2.05, 4.69) is 81.4 Å². The third kappa shape index (κ3) is 2.99. The van der Waals surface area contributed by atoms with Crippen molar-refractivity contribution in [2.45, 2.75) is 18.0 Å². The number of nitrogens with zero attached hydrogens (tertiary/aromatic N) is 2. The van der Waals surface area contributed by atoms with Gasteiger partial charge >= 0.3 is 0 Å². The Morgan fingerprint density at radius 3 is 2.78 bits per heavy atom. The Morgan fingerprint density at radius 2 is 1.89 bits per heavy atom. The first kappa shape index (κ1) is 16.4. The molecule has 0 fully saturated rings. The Bertz CT molecular complexity index is 1120. The molecular weight excluding hydrogens is 352 g/mol. The highest BCUT2D eigenvalue weighted by molar-refractivity contribution is 8.00. The molecule has 4 nitrogen and oxygen atoms in total. The number of hydrogen-bond acceptors (Lipinski definition) is 4. The first-order valence-corrected chi connectivity index (χ1v) is 9.86. The second-order valence-corrected chi connectivity index (χ2v) is 7.69. The molecule has 5 heteroatoms. The van der Waals surface area contributed by atoms with Crippen LogP contribution < -0.4 is 10.0 Å². The number of pyridine rings is 1. The molecule has 1 aliphatic rings. The average Bonchev–Trinajstić information content (AvgIpc) is 3.31. The molecule has 0 spiro atoms. The van der Waals surface area contributed by atoms with E-state index < -0.39 is 0 Å². The van der Waals surface area contributed by atoms with Crippen LogP contribution in [0.15, 0.2) is 71.9 Å². The van der Waals surface area contributed by atoms with Crippen molar-refractivity contribution in [3.05, 3.63) is 78.1 Å². The van der Waals surface area contributed by atoms with Crippen molar-refractivity contribution in [1.29, 1.82) is 0 Å². The zero-order valence-electron chi connectivity index (χ0n) is 15.1. The lowest BCUT2D eigenvalue weighted by molar-refractivity contribution is 0.765. The maximum absolute atomic E-state index is 4.62. The minimum Gasteiger partial charge on any atom is -0.335 e. The van der Waals surface area contributed by atoms with Gasteiger partial charge in [-0.2, -0.15) is 0 Å². The number of fused-ring (bicyclic) bond motifs is 2. The summed E-state index contributed by atoms with van der Waals surface area (Å²) in [6.07, 6.45) is 4.05. The first-order chi connectivity index (χ1) is 13.3. The van der Waals surface area contributed by atoms with Gasteiger partial charge < -0.3 is 14.6 Å². The molecule has 0 radical (unpaired) electrons. The van der Waals surface area contributed by atoms with E-state index in [0.29, 0.717) is 0 Å². The summed E-state index contributed by atoms with van der Waals surface area (Å²) in [5.74, 6) is 0. The molecule has 5 rings (SSSR count). The molecule has 0 bridgehead atoms. The molecule has 0 saturated carbocycles. The van der Waals surface area contributed by atoms with Gasteiger partial charge in [-0.05, 0) is 52.9 Å². The van der Waals surface area contributed by atoms with Crippen molar-refractivity contribution in [1.82, 2.24) is 14.9 Å². The molecule has 3 heterocycles. The summed E-state index contributed by atoms with van der Waals surface area (Å²) in [7, 11) is 2.06. The zero-order chi connectivity index (χ0) is 18.2. The second-order valence-electron chi connectivity index (χ2n) is 6.82. The minimum absolute atomic E-state index is 0.946.